The zero-order valence-corrected chi connectivity index (χ0v) is 11.3. The summed E-state index contributed by atoms with van der Waals surface area (Å²) >= 11 is 0. The van der Waals surface area contributed by atoms with Crippen LogP contribution in [0, 0.1) is 12.8 Å². The molecule has 0 bridgehead atoms. The molecule has 0 radical (unpaired) electrons. The smallest absolute Gasteiger partial charge is 0.140 e. The molecular formula is C13H22N4O. The maximum absolute atomic E-state index is 8.58. The maximum atomic E-state index is 8.58. The van der Waals surface area contributed by atoms with E-state index >= 15 is 0 Å². The van der Waals surface area contributed by atoms with Gasteiger partial charge in [0.1, 0.15) is 5.84 Å². The Labute approximate surface area is 108 Å². The molecule has 0 saturated carbocycles. The van der Waals surface area contributed by atoms with Gasteiger partial charge in [-0.05, 0) is 25.0 Å². The van der Waals surface area contributed by atoms with Gasteiger partial charge in [-0.1, -0.05) is 19.0 Å². The van der Waals surface area contributed by atoms with E-state index in [0.717, 1.165) is 24.5 Å². The lowest BCUT2D eigenvalue weighted by Gasteiger charge is -2.26. The molecule has 0 aromatic carbocycles. The maximum Gasteiger partial charge on any atom is 0.140 e. The van der Waals surface area contributed by atoms with E-state index in [9.17, 15) is 0 Å². The third-order valence-electron chi connectivity index (χ3n) is 2.60. The van der Waals surface area contributed by atoms with Gasteiger partial charge in [-0.25, -0.2) is 0 Å². The van der Waals surface area contributed by atoms with Crippen molar-refractivity contribution in [3.63, 3.8) is 0 Å². The van der Waals surface area contributed by atoms with E-state index in [0.29, 0.717) is 12.3 Å². The Morgan fingerprint density at radius 3 is 2.83 bits per heavy atom. The second-order valence-corrected chi connectivity index (χ2v) is 4.84. The van der Waals surface area contributed by atoms with Gasteiger partial charge in [0.25, 0.3) is 0 Å². The predicted octanol–water partition coefficient (Wildman–Crippen LogP) is 1.99. The highest BCUT2D eigenvalue weighted by molar-refractivity contribution is 5.80. The van der Waals surface area contributed by atoms with Crippen LogP contribution < -0.4 is 10.6 Å². The van der Waals surface area contributed by atoms with E-state index in [-0.39, 0.29) is 5.84 Å². The Bertz CT molecular complexity index is 404. The number of amidine groups is 1. The van der Waals surface area contributed by atoms with Crippen LogP contribution in [0.15, 0.2) is 23.5 Å². The summed E-state index contributed by atoms with van der Waals surface area (Å²) in [7, 11) is 0. The van der Waals surface area contributed by atoms with Crippen LogP contribution in [-0.2, 0) is 0 Å². The van der Waals surface area contributed by atoms with Crippen molar-refractivity contribution >= 4 is 11.5 Å². The molecule has 1 aromatic heterocycles. The second kappa shape index (κ2) is 6.83. The van der Waals surface area contributed by atoms with Crippen LogP contribution in [-0.4, -0.2) is 29.1 Å². The van der Waals surface area contributed by atoms with Crippen LogP contribution >= 0.6 is 0 Å². The zero-order valence-electron chi connectivity index (χ0n) is 11.3. The molecule has 18 heavy (non-hydrogen) atoms. The van der Waals surface area contributed by atoms with Gasteiger partial charge in [0.15, 0.2) is 0 Å². The van der Waals surface area contributed by atoms with Gasteiger partial charge in [-0.3, -0.25) is 4.98 Å². The Hall–Kier alpha value is -1.78. The van der Waals surface area contributed by atoms with Gasteiger partial charge < -0.3 is 15.8 Å². The SMILES string of the molecule is Cc1cc(N(CC/C(N)=N/O)CC(C)C)ccn1. The summed E-state index contributed by atoms with van der Waals surface area (Å²) in [6, 6.07) is 4.04. The molecular weight excluding hydrogens is 228 g/mol. The standard InChI is InChI=1S/C13H22N4O/c1-10(2)9-17(7-5-13(14)16-18)12-4-6-15-11(3)8-12/h4,6,8,10,18H,5,7,9H2,1-3H3,(H2,14,16). The van der Waals surface area contributed by atoms with Crippen molar-refractivity contribution in [2.45, 2.75) is 27.2 Å². The molecule has 0 aliphatic carbocycles. The minimum absolute atomic E-state index is 0.259. The fraction of sp³-hybridized carbons (Fsp3) is 0.538. The molecule has 0 unspecified atom stereocenters. The van der Waals surface area contributed by atoms with Crippen LogP contribution in [0.4, 0.5) is 5.69 Å². The first-order valence-corrected chi connectivity index (χ1v) is 6.17. The normalized spacial score (nSPS) is 11.9. The van der Waals surface area contributed by atoms with E-state index in [1.54, 1.807) is 0 Å². The van der Waals surface area contributed by atoms with Crippen molar-refractivity contribution < 1.29 is 5.21 Å². The summed E-state index contributed by atoms with van der Waals surface area (Å²) in [5.74, 6) is 0.806. The van der Waals surface area contributed by atoms with E-state index < -0.39 is 0 Å². The summed E-state index contributed by atoms with van der Waals surface area (Å²) in [6.45, 7) is 7.98. The number of oxime groups is 1. The van der Waals surface area contributed by atoms with Gasteiger partial charge in [0, 0.05) is 37.1 Å². The lowest BCUT2D eigenvalue weighted by Crippen LogP contribution is -2.31. The van der Waals surface area contributed by atoms with Gasteiger partial charge in [-0.2, -0.15) is 0 Å². The number of nitrogens with zero attached hydrogens (tertiary/aromatic N) is 3. The molecule has 0 fully saturated rings. The molecule has 1 rings (SSSR count). The van der Waals surface area contributed by atoms with Gasteiger partial charge in [0.05, 0.1) is 0 Å². The summed E-state index contributed by atoms with van der Waals surface area (Å²) in [5.41, 5.74) is 7.64. The average molecular weight is 250 g/mol. The average Bonchev–Trinajstić information content (AvgIpc) is 2.33. The number of pyridine rings is 1. The molecule has 3 N–H and O–H groups in total. The first kappa shape index (κ1) is 14.3. The highest BCUT2D eigenvalue weighted by atomic mass is 16.4. The van der Waals surface area contributed by atoms with Crippen molar-refractivity contribution in [2.75, 3.05) is 18.0 Å². The van der Waals surface area contributed by atoms with Gasteiger partial charge in [-0.15, -0.1) is 0 Å². The minimum Gasteiger partial charge on any atom is -0.409 e. The summed E-state index contributed by atoms with van der Waals surface area (Å²) < 4.78 is 0. The van der Waals surface area contributed by atoms with E-state index in [1.807, 2.05) is 19.2 Å². The number of nitrogens with two attached hydrogens (primary N) is 1. The summed E-state index contributed by atoms with van der Waals surface area (Å²) in [4.78, 5) is 6.43. The van der Waals surface area contributed by atoms with Gasteiger partial charge in [0.2, 0.25) is 0 Å². The number of hydrogen-bond acceptors (Lipinski definition) is 4. The molecule has 0 spiro atoms. The molecule has 5 nitrogen and oxygen atoms in total. The Morgan fingerprint density at radius 1 is 1.56 bits per heavy atom. The van der Waals surface area contributed by atoms with Crippen molar-refractivity contribution in [2.24, 2.45) is 16.8 Å². The molecule has 1 heterocycles. The molecule has 0 aliphatic heterocycles. The van der Waals surface area contributed by atoms with Crippen LogP contribution in [0.3, 0.4) is 0 Å². The largest absolute Gasteiger partial charge is 0.409 e. The first-order chi connectivity index (χ1) is 8.52. The molecule has 0 aliphatic rings. The number of anilines is 1. The fourth-order valence-electron chi connectivity index (χ4n) is 1.79. The van der Waals surface area contributed by atoms with Crippen LogP contribution in [0.25, 0.3) is 0 Å². The molecule has 100 valence electrons. The minimum atomic E-state index is 0.259. The quantitative estimate of drug-likeness (QED) is 0.350. The fourth-order valence-corrected chi connectivity index (χ4v) is 1.79. The van der Waals surface area contributed by atoms with Crippen LogP contribution in [0.2, 0.25) is 0 Å². The van der Waals surface area contributed by atoms with Crippen molar-refractivity contribution in [1.29, 1.82) is 0 Å². The van der Waals surface area contributed by atoms with E-state index in [4.69, 9.17) is 10.9 Å². The van der Waals surface area contributed by atoms with Crippen molar-refractivity contribution in [3.8, 4) is 0 Å². The Kier molecular flexibility index (Phi) is 5.42. The monoisotopic (exact) mass is 250 g/mol. The molecule has 1 aromatic rings. The molecule has 0 saturated heterocycles. The number of rotatable bonds is 6. The molecule has 0 atom stereocenters. The third kappa shape index (κ3) is 4.61. The highest BCUT2D eigenvalue weighted by Gasteiger charge is 2.09. The lowest BCUT2D eigenvalue weighted by molar-refractivity contribution is 0.317. The molecule has 5 heteroatoms. The van der Waals surface area contributed by atoms with Crippen molar-refractivity contribution in [1.82, 2.24) is 4.98 Å². The van der Waals surface area contributed by atoms with Crippen molar-refractivity contribution in [3.05, 3.63) is 24.0 Å². The van der Waals surface area contributed by atoms with Crippen LogP contribution in [0.5, 0.6) is 0 Å². The topological polar surface area (TPSA) is 74.7 Å². The number of aryl methyl sites for hydroxylation is 1. The van der Waals surface area contributed by atoms with E-state index in [2.05, 4.69) is 35.0 Å². The number of hydrogen-bond donors (Lipinski definition) is 2. The predicted molar refractivity (Wildman–Crippen MR) is 74.1 cm³/mol. The lowest BCUT2D eigenvalue weighted by atomic mass is 10.1. The summed E-state index contributed by atoms with van der Waals surface area (Å²) in [6.07, 6.45) is 2.35. The highest BCUT2D eigenvalue weighted by Crippen LogP contribution is 2.16. The van der Waals surface area contributed by atoms with Crippen LogP contribution in [0.1, 0.15) is 26.0 Å². The van der Waals surface area contributed by atoms with E-state index in [1.165, 1.54) is 0 Å². The Morgan fingerprint density at radius 2 is 2.28 bits per heavy atom. The zero-order chi connectivity index (χ0) is 13.5. The number of aromatic nitrogens is 1. The molecule has 0 amide bonds. The first-order valence-electron chi connectivity index (χ1n) is 6.17. The second-order valence-electron chi connectivity index (χ2n) is 4.84. The third-order valence-corrected chi connectivity index (χ3v) is 2.60. The Balaban J connectivity index is 2.77. The summed E-state index contributed by atoms with van der Waals surface area (Å²) in [5, 5.41) is 11.6. The van der Waals surface area contributed by atoms with Gasteiger partial charge >= 0.3 is 0 Å².